The molecule has 1 aromatic carbocycles. The highest BCUT2D eigenvalue weighted by molar-refractivity contribution is 5.93. The van der Waals surface area contributed by atoms with Crippen molar-refractivity contribution >= 4 is 5.97 Å². The Labute approximate surface area is 101 Å². The number of aromatic nitrogens is 1. The number of nitrogens with zero attached hydrogens (tertiary/aromatic N) is 1. The zero-order valence-electron chi connectivity index (χ0n) is 9.44. The van der Waals surface area contributed by atoms with Crippen LogP contribution < -0.4 is 0 Å². The topological polar surface area (TPSA) is 52.3 Å². The average Bonchev–Trinajstić information content (AvgIpc) is 2.78. The molecule has 4 nitrogen and oxygen atoms in total. The largest absolute Gasteiger partial charge is 0.461 e. The first-order valence-electron chi connectivity index (χ1n) is 5.19. The molecule has 0 unspecified atom stereocenters. The van der Waals surface area contributed by atoms with Gasteiger partial charge in [-0.2, -0.15) is 0 Å². The van der Waals surface area contributed by atoms with Gasteiger partial charge < -0.3 is 9.15 Å². The van der Waals surface area contributed by atoms with Crippen LogP contribution in [0.4, 0.5) is 8.78 Å². The van der Waals surface area contributed by atoms with E-state index in [4.69, 9.17) is 9.15 Å². The van der Waals surface area contributed by atoms with Gasteiger partial charge in [-0.1, -0.05) is 0 Å². The fourth-order valence-corrected chi connectivity index (χ4v) is 1.46. The predicted octanol–water partition coefficient (Wildman–Crippen LogP) is 2.80. The maximum atomic E-state index is 13.6. The van der Waals surface area contributed by atoms with E-state index in [1.54, 1.807) is 6.92 Å². The van der Waals surface area contributed by atoms with Crippen LogP contribution in [0.25, 0.3) is 11.3 Å². The minimum Gasteiger partial charge on any atom is -0.461 e. The lowest BCUT2D eigenvalue weighted by molar-refractivity contribution is 0.0520. The number of hydrogen-bond acceptors (Lipinski definition) is 4. The zero-order chi connectivity index (χ0) is 13.1. The fraction of sp³-hybridized carbons (Fsp3) is 0.167. The summed E-state index contributed by atoms with van der Waals surface area (Å²) in [5.74, 6) is -2.35. The van der Waals surface area contributed by atoms with Crippen molar-refractivity contribution in [2.24, 2.45) is 0 Å². The van der Waals surface area contributed by atoms with Crippen LogP contribution in [0, 0.1) is 11.6 Å². The molecule has 0 saturated heterocycles. The normalized spacial score (nSPS) is 10.4. The summed E-state index contributed by atoms with van der Waals surface area (Å²) in [4.78, 5) is 15.2. The van der Waals surface area contributed by atoms with Gasteiger partial charge in [0.05, 0.1) is 12.2 Å². The first-order chi connectivity index (χ1) is 8.63. The number of hydrogen-bond donors (Lipinski definition) is 0. The van der Waals surface area contributed by atoms with E-state index in [1.165, 1.54) is 6.07 Å². The van der Waals surface area contributed by atoms with E-state index in [9.17, 15) is 13.6 Å². The molecule has 0 atom stereocenters. The smallest absolute Gasteiger partial charge is 0.360 e. The summed E-state index contributed by atoms with van der Waals surface area (Å²) in [5, 5.41) is 0. The van der Waals surface area contributed by atoms with Crippen LogP contribution in [0.15, 0.2) is 29.0 Å². The summed E-state index contributed by atoms with van der Waals surface area (Å²) in [6, 6.07) is 2.94. The Bertz CT molecular complexity index is 580. The van der Waals surface area contributed by atoms with Gasteiger partial charge in [0.25, 0.3) is 0 Å². The van der Waals surface area contributed by atoms with E-state index in [0.717, 1.165) is 12.5 Å². The van der Waals surface area contributed by atoms with Crippen molar-refractivity contribution in [1.82, 2.24) is 4.98 Å². The van der Waals surface area contributed by atoms with Crippen LogP contribution in [-0.2, 0) is 4.74 Å². The molecule has 2 rings (SSSR count). The summed E-state index contributed by atoms with van der Waals surface area (Å²) < 4.78 is 36.1. The summed E-state index contributed by atoms with van der Waals surface area (Å²) >= 11 is 0. The van der Waals surface area contributed by atoms with Gasteiger partial charge in [-0.25, -0.2) is 18.6 Å². The van der Waals surface area contributed by atoms with Gasteiger partial charge in [-0.05, 0) is 19.1 Å². The van der Waals surface area contributed by atoms with Crippen LogP contribution in [-0.4, -0.2) is 17.6 Å². The second-order valence-corrected chi connectivity index (χ2v) is 3.37. The number of carbonyl (C=O) groups is 1. The van der Waals surface area contributed by atoms with Crippen molar-refractivity contribution in [2.45, 2.75) is 6.92 Å². The van der Waals surface area contributed by atoms with Gasteiger partial charge in [-0.15, -0.1) is 0 Å². The van der Waals surface area contributed by atoms with Crippen LogP contribution >= 0.6 is 0 Å². The van der Waals surface area contributed by atoms with E-state index in [0.29, 0.717) is 6.07 Å². The minimum atomic E-state index is -0.836. The number of carbonyl (C=O) groups excluding carboxylic acids is 1. The van der Waals surface area contributed by atoms with Crippen molar-refractivity contribution in [3.8, 4) is 11.3 Å². The Hall–Kier alpha value is -2.24. The van der Waals surface area contributed by atoms with Crippen LogP contribution in [0.1, 0.15) is 17.4 Å². The summed E-state index contributed by atoms with van der Waals surface area (Å²) in [6.45, 7) is 1.80. The number of ether oxygens (including phenoxy) is 1. The lowest BCUT2D eigenvalue weighted by atomic mass is 10.1. The van der Waals surface area contributed by atoms with Gasteiger partial charge in [0, 0.05) is 6.07 Å². The third-order valence-electron chi connectivity index (χ3n) is 2.21. The number of halogens is 2. The van der Waals surface area contributed by atoms with E-state index in [2.05, 4.69) is 4.98 Å². The highest BCUT2D eigenvalue weighted by Gasteiger charge is 2.21. The molecule has 94 valence electrons. The summed E-state index contributed by atoms with van der Waals surface area (Å²) in [7, 11) is 0. The van der Waals surface area contributed by atoms with E-state index in [1.807, 2.05) is 0 Å². The summed E-state index contributed by atoms with van der Waals surface area (Å²) in [5.41, 5.74) is -0.181. The van der Waals surface area contributed by atoms with Gasteiger partial charge in [0.15, 0.2) is 17.8 Å². The van der Waals surface area contributed by atoms with Crippen molar-refractivity contribution in [3.05, 3.63) is 41.9 Å². The maximum Gasteiger partial charge on any atom is 0.360 e. The van der Waals surface area contributed by atoms with Crippen LogP contribution in [0.3, 0.4) is 0 Å². The molecule has 0 aliphatic heterocycles. The predicted molar refractivity (Wildman–Crippen MR) is 57.8 cm³/mol. The molecule has 18 heavy (non-hydrogen) atoms. The highest BCUT2D eigenvalue weighted by Crippen LogP contribution is 2.26. The molecular weight excluding hydrogens is 244 g/mol. The lowest BCUT2D eigenvalue weighted by Gasteiger charge is -2.02. The average molecular weight is 253 g/mol. The first-order valence-corrected chi connectivity index (χ1v) is 5.19. The lowest BCUT2D eigenvalue weighted by Crippen LogP contribution is -2.06. The Morgan fingerprint density at radius 1 is 1.44 bits per heavy atom. The summed E-state index contributed by atoms with van der Waals surface area (Å²) in [6.07, 6.45) is 1.00. The molecule has 0 radical (unpaired) electrons. The molecule has 0 N–H and O–H groups in total. The van der Waals surface area contributed by atoms with Crippen molar-refractivity contribution in [1.29, 1.82) is 0 Å². The molecule has 2 aromatic rings. The first kappa shape index (κ1) is 12.2. The highest BCUT2D eigenvalue weighted by atomic mass is 19.1. The van der Waals surface area contributed by atoms with Crippen LogP contribution in [0.5, 0.6) is 0 Å². The number of esters is 1. The van der Waals surface area contributed by atoms with Crippen molar-refractivity contribution < 1.29 is 22.7 Å². The third-order valence-corrected chi connectivity index (χ3v) is 2.21. The molecule has 0 spiro atoms. The van der Waals surface area contributed by atoms with E-state index < -0.39 is 17.6 Å². The number of oxazole rings is 1. The van der Waals surface area contributed by atoms with E-state index in [-0.39, 0.29) is 23.6 Å². The molecule has 0 aliphatic carbocycles. The van der Waals surface area contributed by atoms with Gasteiger partial charge in [0.2, 0.25) is 0 Å². The molecule has 0 saturated carbocycles. The second kappa shape index (κ2) is 4.95. The zero-order valence-corrected chi connectivity index (χ0v) is 9.44. The second-order valence-electron chi connectivity index (χ2n) is 3.37. The van der Waals surface area contributed by atoms with E-state index >= 15 is 0 Å². The molecule has 1 aromatic heterocycles. The Balaban J connectivity index is 2.45. The van der Waals surface area contributed by atoms with Gasteiger partial charge in [-0.3, -0.25) is 0 Å². The SMILES string of the molecule is CCOC(=O)c1ncoc1-c1ccc(F)cc1F. The molecule has 0 fully saturated rings. The third kappa shape index (κ3) is 2.22. The maximum absolute atomic E-state index is 13.6. The Morgan fingerprint density at radius 2 is 2.22 bits per heavy atom. The Morgan fingerprint density at radius 3 is 2.89 bits per heavy atom. The minimum absolute atomic E-state index is 0.0445. The standard InChI is InChI=1S/C12H9F2NO3/c1-2-17-12(16)10-11(18-6-15-10)8-4-3-7(13)5-9(8)14/h3-6H,2H2,1H3. The Kier molecular flexibility index (Phi) is 3.36. The van der Waals surface area contributed by atoms with Gasteiger partial charge in [0.1, 0.15) is 11.6 Å². The molecule has 0 amide bonds. The number of benzene rings is 1. The molecule has 1 heterocycles. The molecule has 0 aliphatic rings. The molecular formula is C12H9F2NO3. The van der Waals surface area contributed by atoms with Gasteiger partial charge >= 0.3 is 5.97 Å². The molecule has 6 heteroatoms. The quantitative estimate of drug-likeness (QED) is 0.789. The van der Waals surface area contributed by atoms with Crippen molar-refractivity contribution in [3.63, 3.8) is 0 Å². The molecule has 0 bridgehead atoms. The fourth-order valence-electron chi connectivity index (χ4n) is 1.46. The monoisotopic (exact) mass is 253 g/mol. The van der Waals surface area contributed by atoms with Crippen LogP contribution in [0.2, 0.25) is 0 Å². The van der Waals surface area contributed by atoms with Crippen molar-refractivity contribution in [2.75, 3.05) is 6.61 Å². The number of rotatable bonds is 3.